The Hall–Kier alpha value is -1.52. The SMILES string of the molecule is CC(C)c1c(O)n(CC2(C(C)C)CC2)c(=O)[nH]c1=O. The van der Waals surface area contributed by atoms with Gasteiger partial charge in [0.15, 0.2) is 0 Å². The molecule has 0 unspecified atom stereocenters. The minimum atomic E-state index is -0.515. The van der Waals surface area contributed by atoms with Crippen LogP contribution in [0, 0.1) is 11.3 Å². The van der Waals surface area contributed by atoms with Crippen molar-refractivity contribution in [1.29, 1.82) is 0 Å². The highest BCUT2D eigenvalue weighted by Gasteiger charge is 2.46. The van der Waals surface area contributed by atoms with Gasteiger partial charge in [0.05, 0.1) is 5.56 Å². The van der Waals surface area contributed by atoms with E-state index in [1.54, 1.807) is 0 Å². The molecule has 0 aliphatic heterocycles. The topological polar surface area (TPSA) is 75.1 Å². The van der Waals surface area contributed by atoms with E-state index < -0.39 is 11.2 Å². The second-order valence-electron chi connectivity index (χ2n) is 6.25. The first kappa shape index (κ1) is 13.9. The smallest absolute Gasteiger partial charge is 0.331 e. The van der Waals surface area contributed by atoms with Crippen molar-refractivity contribution in [2.75, 3.05) is 0 Å². The summed E-state index contributed by atoms with van der Waals surface area (Å²) in [6.07, 6.45) is 2.12. The van der Waals surface area contributed by atoms with Crippen LogP contribution < -0.4 is 11.2 Å². The van der Waals surface area contributed by atoms with Gasteiger partial charge in [-0.3, -0.25) is 14.3 Å². The van der Waals surface area contributed by atoms with Crippen LogP contribution in [0.2, 0.25) is 0 Å². The molecule has 0 saturated heterocycles. The molecule has 2 N–H and O–H groups in total. The average molecular weight is 266 g/mol. The van der Waals surface area contributed by atoms with Crippen LogP contribution in [0.3, 0.4) is 0 Å². The van der Waals surface area contributed by atoms with Gasteiger partial charge in [0.1, 0.15) is 0 Å². The predicted octanol–water partition coefficient (Wildman–Crippen LogP) is 1.80. The van der Waals surface area contributed by atoms with Gasteiger partial charge >= 0.3 is 5.69 Å². The average Bonchev–Trinajstić information content (AvgIpc) is 3.04. The Bertz CT molecular complexity index is 592. The van der Waals surface area contributed by atoms with E-state index in [-0.39, 0.29) is 17.2 Å². The zero-order chi connectivity index (χ0) is 14.4. The molecule has 0 bridgehead atoms. The number of nitrogens with zero attached hydrogens (tertiary/aromatic N) is 1. The van der Waals surface area contributed by atoms with Crippen LogP contribution in [0.1, 0.15) is 52.0 Å². The summed E-state index contributed by atoms with van der Waals surface area (Å²) in [5.74, 6) is 0.161. The molecule has 0 radical (unpaired) electrons. The maximum Gasteiger partial charge on any atom is 0.331 e. The second kappa shape index (κ2) is 4.54. The maximum absolute atomic E-state index is 11.9. The molecule has 19 heavy (non-hydrogen) atoms. The Kier molecular flexibility index (Phi) is 3.32. The van der Waals surface area contributed by atoms with E-state index in [1.165, 1.54) is 4.57 Å². The van der Waals surface area contributed by atoms with Crippen molar-refractivity contribution in [3.8, 4) is 5.88 Å². The number of aromatic hydroxyl groups is 1. The maximum atomic E-state index is 11.9. The zero-order valence-corrected chi connectivity index (χ0v) is 12.0. The van der Waals surface area contributed by atoms with Crippen molar-refractivity contribution in [2.45, 2.75) is 53.0 Å². The molecule has 0 amide bonds. The fourth-order valence-corrected chi connectivity index (χ4v) is 2.64. The normalized spacial score (nSPS) is 17.2. The first-order valence-electron chi connectivity index (χ1n) is 6.84. The molecule has 106 valence electrons. The summed E-state index contributed by atoms with van der Waals surface area (Å²) in [6, 6.07) is 0. The van der Waals surface area contributed by atoms with Gasteiger partial charge in [-0.2, -0.15) is 0 Å². The molecule has 1 heterocycles. The van der Waals surface area contributed by atoms with Gasteiger partial charge in [-0.25, -0.2) is 4.79 Å². The Morgan fingerprint density at radius 2 is 1.84 bits per heavy atom. The lowest BCUT2D eigenvalue weighted by atomic mass is 9.92. The molecule has 1 aromatic rings. The van der Waals surface area contributed by atoms with Crippen molar-refractivity contribution in [3.05, 3.63) is 26.4 Å². The number of rotatable bonds is 4. The van der Waals surface area contributed by atoms with Crippen molar-refractivity contribution in [2.24, 2.45) is 11.3 Å². The van der Waals surface area contributed by atoms with Gasteiger partial charge in [0.2, 0.25) is 5.88 Å². The lowest BCUT2D eigenvalue weighted by Crippen LogP contribution is -2.35. The van der Waals surface area contributed by atoms with E-state index >= 15 is 0 Å². The molecule has 1 aliphatic carbocycles. The second-order valence-corrected chi connectivity index (χ2v) is 6.25. The van der Waals surface area contributed by atoms with Crippen LogP contribution in [0.5, 0.6) is 5.88 Å². The Morgan fingerprint density at radius 1 is 1.26 bits per heavy atom. The van der Waals surface area contributed by atoms with Crippen molar-refractivity contribution >= 4 is 0 Å². The van der Waals surface area contributed by atoms with E-state index in [1.807, 2.05) is 13.8 Å². The van der Waals surface area contributed by atoms with E-state index in [4.69, 9.17) is 0 Å². The molecule has 0 spiro atoms. The fraction of sp³-hybridized carbons (Fsp3) is 0.714. The molecule has 2 rings (SSSR count). The number of nitrogens with one attached hydrogen (secondary N) is 1. The van der Waals surface area contributed by atoms with Crippen LogP contribution in [-0.4, -0.2) is 14.7 Å². The number of aromatic nitrogens is 2. The zero-order valence-electron chi connectivity index (χ0n) is 12.0. The largest absolute Gasteiger partial charge is 0.494 e. The van der Waals surface area contributed by atoms with Crippen LogP contribution in [-0.2, 0) is 6.54 Å². The van der Waals surface area contributed by atoms with Crippen molar-refractivity contribution < 1.29 is 5.11 Å². The highest BCUT2D eigenvalue weighted by molar-refractivity contribution is 5.26. The van der Waals surface area contributed by atoms with Gasteiger partial charge < -0.3 is 5.11 Å². The number of H-pyrrole nitrogens is 1. The molecule has 0 aromatic carbocycles. The van der Waals surface area contributed by atoms with E-state index in [9.17, 15) is 14.7 Å². The van der Waals surface area contributed by atoms with Gasteiger partial charge in [0, 0.05) is 6.54 Å². The van der Waals surface area contributed by atoms with Gasteiger partial charge in [-0.15, -0.1) is 0 Å². The Morgan fingerprint density at radius 3 is 2.26 bits per heavy atom. The summed E-state index contributed by atoms with van der Waals surface area (Å²) in [5.41, 5.74) is -0.616. The van der Waals surface area contributed by atoms with Crippen molar-refractivity contribution in [3.63, 3.8) is 0 Å². The molecular weight excluding hydrogens is 244 g/mol. The van der Waals surface area contributed by atoms with E-state index in [0.717, 1.165) is 12.8 Å². The first-order valence-corrected chi connectivity index (χ1v) is 6.84. The van der Waals surface area contributed by atoms with Gasteiger partial charge in [0.25, 0.3) is 5.56 Å². The van der Waals surface area contributed by atoms with Crippen LogP contribution >= 0.6 is 0 Å². The lowest BCUT2D eigenvalue weighted by molar-refractivity contribution is 0.277. The molecule has 5 nitrogen and oxygen atoms in total. The highest BCUT2D eigenvalue weighted by Crippen LogP contribution is 2.53. The minimum Gasteiger partial charge on any atom is -0.494 e. The van der Waals surface area contributed by atoms with E-state index in [0.29, 0.717) is 18.0 Å². The van der Waals surface area contributed by atoms with Gasteiger partial charge in [-0.05, 0) is 30.1 Å². The summed E-state index contributed by atoms with van der Waals surface area (Å²) in [4.78, 5) is 26.0. The molecule has 0 atom stereocenters. The number of hydrogen-bond donors (Lipinski definition) is 2. The standard InChI is InChI=1S/C14H22N2O3/c1-8(2)10-11(17)15-13(19)16(12(10)18)7-14(5-6-14)9(3)4/h8-9,18H,5-7H2,1-4H3,(H,15,17,19). The third kappa shape index (κ3) is 2.33. The Labute approximate surface area is 112 Å². The number of aromatic amines is 1. The lowest BCUT2D eigenvalue weighted by Gasteiger charge is -2.22. The Balaban J connectivity index is 2.50. The third-order valence-electron chi connectivity index (χ3n) is 4.37. The molecule has 1 fully saturated rings. The quantitative estimate of drug-likeness (QED) is 0.872. The van der Waals surface area contributed by atoms with Crippen LogP contribution in [0.4, 0.5) is 0 Å². The predicted molar refractivity (Wildman–Crippen MR) is 73.6 cm³/mol. The monoisotopic (exact) mass is 266 g/mol. The third-order valence-corrected chi connectivity index (χ3v) is 4.37. The summed E-state index contributed by atoms with van der Waals surface area (Å²) < 4.78 is 1.32. The van der Waals surface area contributed by atoms with Gasteiger partial charge in [-0.1, -0.05) is 27.7 Å². The van der Waals surface area contributed by atoms with E-state index in [2.05, 4.69) is 18.8 Å². The highest BCUT2D eigenvalue weighted by atomic mass is 16.3. The summed E-state index contributed by atoms with van der Waals surface area (Å²) in [5, 5.41) is 10.2. The summed E-state index contributed by atoms with van der Waals surface area (Å²) >= 11 is 0. The van der Waals surface area contributed by atoms with Crippen molar-refractivity contribution in [1.82, 2.24) is 9.55 Å². The molecule has 1 saturated carbocycles. The minimum absolute atomic E-state index is 0.0911. The first-order chi connectivity index (χ1) is 8.78. The molecule has 5 heteroatoms. The van der Waals surface area contributed by atoms with Crippen LogP contribution in [0.15, 0.2) is 9.59 Å². The fourth-order valence-electron chi connectivity index (χ4n) is 2.64. The summed E-state index contributed by atoms with van der Waals surface area (Å²) in [7, 11) is 0. The molecule has 1 aliphatic rings. The number of hydrogen-bond acceptors (Lipinski definition) is 3. The molecule has 1 aromatic heterocycles. The summed E-state index contributed by atoms with van der Waals surface area (Å²) in [6.45, 7) is 8.39. The van der Waals surface area contributed by atoms with Crippen LogP contribution in [0.25, 0.3) is 0 Å². The molecular formula is C14H22N2O3.